The molecule has 128 valence electrons. The molecular weight excluding hydrogens is 344 g/mol. The van der Waals surface area contributed by atoms with Crippen LogP contribution in [0.1, 0.15) is 11.1 Å². The number of nitrogens with zero attached hydrogens (tertiary/aromatic N) is 1. The highest BCUT2D eigenvalue weighted by atomic mass is 35.5. The molecule has 3 aromatic carbocycles. The third-order valence-corrected chi connectivity index (χ3v) is 3.78. The number of hydrogen-bond donors (Lipinski definition) is 1. The van der Waals surface area contributed by atoms with Crippen molar-refractivity contribution in [2.24, 2.45) is 4.99 Å². The van der Waals surface area contributed by atoms with Gasteiger partial charge in [-0.1, -0.05) is 53.8 Å². The summed E-state index contributed by atoms with van der Waals surface area (Å²) in [7, 11) is 1.57. The fourth-order valence-corrected chi connectivity index (χ4v) is 2.35. The number of amidine groups is 1. The fraction of sp³-hybridized carbons (Fsp3) is 0.0455. The number of hydrogen-bond acceptors (Lipinski definition) is 2. The smallest absolute Gasteiger partial charge is 0.294 e. The first-order valence-electron chi connectivity index (χ1n) is 8.06. The minimum Gasteiger partial charge on any atom is -0.468 e. The normalized spacial score (nSPS) is 10.6. The van der Waals surface area contributed by atoms with Crippen molar-refractivity contribution in [2.75, 3.05) is 12.4 Å². The number of para-hydroxylation sites is 1. The van der Waals surface area contributed by atoms with E-state index in [1.165, 1.54) is 0 Å². The van der Waals surface area contributed by atoms with Crippen LogP contribution in [0.2, 0.25) is 5.02 Å². The van der Waals surface area contributed by atoms with Crippen LogP contribution >= 0.6 is 11.6 Å². The Hall–Kier alpha value is -3.22. The van der Waals surface area contributed by atoms with Crippen LogP contribution in [-0.4, -0.2) is 13.1 Å². The minimum atomic E-state index is 0.376. The Bertz CT molecular complexity index is 955. The van der Waals surface area contributed by atoms with Gasteiger partial charge in [0.25, 0.3) is 6.02 Å². The monoisotopic (exact) mass is 360 g/mol. The summed E-state index contributed by atoms with van der Waals surface area (Å²) >= 11 is 5.91. The van der Waals surface area contributed by atoms with Gasteiger partial charge in [0, 0.05) is 16.3 Å². The van der Waals surface area contributed by atoms with Gasteiger partial charge in [-0.3, -0.25) is 0 Å². The zero-order chi connectivity index (χ0) is 18.2. The first-order chi connectivity index (χ1) is 12.7. The van der Waals surface area contributed by atoms with Gasteiger partial charge in [0.05, 0.1) is 18.4 Å². The maximum atomic E-state index is 5.91. The zero-order valence-corrected chi connectivity index (χ0v) is 15.0. The van der Waals surface area contributed by atoms with Crippen molar-refractivity contribution in [1.82, 2.24) is 0 Å². The lowest BCUT2D eigenvalue weighted by Crippen LogP contribution is -2.13. The number of aliphatic imine (C=N–C) groups is 1. The van der Waals surface area contributed by atoms with Crippen molar-refractivity contribution in [3.8, 4) is 11.8 Å². The lowest BCUT2D eigenvalue weighted by atomic mass is 10.1. The highest BCUT2D eigenvalue weighted by molar-refractivity contribution is 6.30. The summed E-state index contributed by atoms with van der Waals surface area (Å²) < 4.78 is 5.36. The third-order valence-electron chi connectivity index (χ3n) is 3.53. The lowest BCUT2D eigenvalue weighted by Gasteiger charge is -2.09. The average molecular weight is 361 g/mol. The van der Waals surface area contributed by atoms with Gasteiger partial charge in [0.15, 0.2) is 0 Å². The molecule has 0 heterocycles. The van der Waals surface area contributed by atoms with E-state index in [0.717, 1.165) is 22.5 Å². The standard InChI is InChI=1S/C22H17ClN2O/c1-26-22(24-20-15-13-19(23)14-16-20)25-21-10-6-5-9-18(21)12-11-17-7-3-2-4-8-17/h2-10,13-16H,1H3,(H,24,25). The van der Waals surface area contributed by atoms with Crippen molar-refractivity contribution < 1.29 is 4.74 Å². The lowest BCUT2D eigenvalue weighted by molar-refractivity contribution is 0.402. The van der Waals surface area contributed by atoms with E-state index in [1.54, 1.807) is 19.2 Å². The van der Waals surface area contributed by atoms with Crippen LogP contribution in [-0.2, 0) is 4.74 Å². The molecule has 0 aliphatic heterocycles. The van der Waals surface area contributed by atoms with Gasteiger partial charge >= 0.3 is 0 Å². The molecule has 0 atom stereocenters. The SMILES string of the molecule is COC(=Nc1ccccc1C#Cc1ccccc1)Nc1ccc(Cl)cc1. The van der Waals surface area contributed by atoms with E-state index in [1.807, 2.05) is 66.7 Å². The van der Waals surface area contributed by atoms with Crippen molar-refractivity contribution in [3.63, 3.8) is 0 Å². The van der Waals surface area contributed by atoms with Crippen molar-refractivity contribution in [2.45, 2.75) is 0 Å². The van der Waals surface area contributed by atoms with Crippen molar-refractivity contribution in [3.05, 3.63) is 95.0 Å². The molecule has 0 amide bonds. The van der Waals surface area contributed by atoms with Gasteiger partial charge < -0.3 is 10.1 Å². The van der Waals surface area contributed by atoms with Gasteiger partial charge in [-0.15, -0.1) is 0 Å². The Labute approximate surface area is 158 Å². The van der Waals surface area contributed by atoms with Crippen molar-refractivity contribution >= 4 is 29.0 Å². The molecule has 0 aliphatic carbocycles. The predicted octanol–water partition coefficient (Wildman–Crippen LogP) is 5.49. The number of nitrogens with one attached hydrogen (secondary N) is 1. The quantitative estimate of drug-likeness (QED) is 0.372. The van der Waals surface area contributed by atoms with Crippen LogP contribution in [0.15, 0.2) is 83.9 Å². The van der Waals surface area contributed by atoms with E-state index in [9.17, 15) is 0 Å². The molecule has 0 spiro atoms. The van der Waals surface area contributed by atoms with Gasteiger partial charge in [0.2, 0.25) is 0 Å². The molecule has 0 aliphatic rings. The first-order valence-corrected chi connectivity index (χ1v) is 8.44. The van der Waals surface area contributed by atoms with Crippen molar-refractivity contribution in [1.29, 1.82) is 0 Å². The third kappa shape index (κ3) is 4.89. The molecule has 0 radical (unpaired) electrons. The molecule has 0 bridgehead atoms. The van der Waals surface area contributed by atoms with E-state index in [4.69, 9.17) is 16.3 Å². The summed E-state index contributed by atoms with van der Waals surface area (Å²) in [4.78, 5) is 4.55. The molecule has 0 saturated carbocycles. The van der Waals surface area contributed by atoms with Gasteiger partial charge in [-0.05, 0) is 48.5 Å². The Balaban J connectivity index is 1.87. The molecular formula is C22H17ClN2O. The summed E-state index contributed by atoms with van der Waals surface area (Å²) in [6, 6.07) is 25.2. The Kier molecular flexibility index (Phi) is 5.92. The first kappa shape index (κ1) is 17.6. The number of methoxy groups -OCH3 is 1. The van der Waals surface area contributed by atoms with Crippen LogP contribution in [0.3, 0.4) is 0 Å². The Morgan fingerprint density at radius 2 is 1.58 bits per heavy atom. The van der Waals surface area contributed by atoms with Gasteiger partial charge in [0.1, 0.15) is 0 Å². The average Bonchev–Trinajstić information content (AvgIpc) is 2.69. The van der Waals surface area contributed by atoms with Crippen LogP contribution in [0.4, 0.5) is 11.4 Å². The van der Waals surface area contributed by atoms with E-state index in [0.29, 0.717) is 11.0 Å². The topological polar surface area (TPSA) is 33.6 Å². The molecule has 26 heavy (non-hydrogen) atoms. The zero-order valence-electron chi connectivity index (χ0n) is 14.2. The van der Waals surface area contributed by atoms with Crippen LogP contribution < -0.4 is 5.32 Å². The van der Waals surface area contributed by atoms with E-state index in [-0.39, 0.29) is 0 Å². The number of benzene rings is 3. The van der Waals surface area contributed by atoms with Gasteiger partial charge in [-0.2, -0.15) is 4.99 Å². The second-order valence-corrected chi connectivity index (χ2v) is 5.82. The molecule has 0 fully saturated rings. The molecule has 0 aromatic heterocycles. The summed E-state index contributed by atoms with van der Waals surface area (Å²) in [5, 5.41) is 3.80. The Morgan fingerprint density at radius 1 is 0.885 bits per heavy atom. The van der Waals surface area contributed by atoms with Crippen LogP contribution in [0.25, 0.3) is 0 Å². The molecule has 3 nitrogen and oxygen atoms in total. The fourth-order valence-electron chi connectivity index (χ4n) is 2.23. The van der Waals surface area contributed by atoms with Gasteiger partial charge in [-0.25, -0.2) is 0 Å². The highest BCUT2D eigenvalue weighted by Gasteiger charge is 2.03. The van der Waals surface area contributed by atoms with E-state index >= 15 is 0 Å². The van der Waals surface area contributed by atoms with Crippen LogP contribution in [0, 0.1) is 11.8 Å². The number of anilines is 1. The maximum Gasteiger partial charge on any atom is 0.294 e. The van der Waals surface area contributed by atoms with E-state index < -0.39 is 0 Å². The summed E-state index contributed by atoms with van der Waals surface area (Å²) in [5.74, 6) is 6.33. The number of rotatable bonds is 2. The minimum absolute atomic E-state index is 0.376. The summed E-state index contributed by atoms with van der Waals surface area (Å²) in [5.41, 5.74) is 3.35. The molecule has 3 rings (SSSR count). The molecule has 4 heteroatoms. The second kappa shape index (κ2) is 8.75. The second-order valence-electron chi connectivity index (χ2n) is 5.39. The molecule has 1 N–H and O–H groups in total. The number of halogens is 1. The van der Waals surface area contributed by atoms with E-state index in [2.05, 4.69) is 22.2 Å². The Morgan fingerprint density at radius 3 is 2.31 bits per heavy atom. The molecule has 3 aromatic rings. The molecule has 0 unspecified atom stereocenters. The molecule has 0 saturated heterocycles. The number of ether oxygens (including phenoxy) is 1. The van der Waals surface area contributed by atoms with Crippen LogP contribution in [0.5, 0.6) is 0 Å². The highest BCUT2D eigenvalue weighted by Crippen LogP contribution is 2.19. The predicted molar refractivity (Wildman–Crippen MR) is 108 cm³/mol. The largest absolute Gasteiger partial charge is 0.468 e. The maximum absolute atomic E-state index is 5.91. The summed E-state index contributed by atoms with van der Waals surface area (Å²) in [6.45, 7) is 0. The summed E-state index contributed by atoms with van der Waals surface area (Å²) in [6.07, 6.45) is 0.